The highest BCUT2D eigenvalue weighted by Crippen LogP contribution is 2.32. The molecule has 0 atom stereocenters. The second-order valence-electron chi connectivity index (χ2n) is 9.09. The molecule has 1 heterocycles. The zero-order chi connectivity index (χ0) is 29.7. The Morgan fingerprint density at radius 2 is 1.66 bits per heavy atom. The summed E-state index contributed by atoms with van der Waals surface area (Å²) in [7, 11) is 0.219. The molecule has 0 saturated carbocycles. The number of carbonyl (C=O) groups excluding carboxylic acids is 1. The van der Waals surface area contributed by atoms with E-state index in [9.17, 15) is 13.2 Å². The minimum absolute atomic E-state index is 0.0729. The van der Waals surface area contributed by atoms with E-state index >= 15 is 0 Å². The molecule has 1 amide bonds. The van der Waals surface area contributed by atoms with E-state index in [1.165, 1.54) is 38.6 Å². The monoisotopic (exact) mass is 596 g/mol. The summed E-state index contributed by atoms with van der Waals surface area (Å²) in [6.45, 7) is 3.15. The smallest absolute Gasteiger partial charge is 0.264 e. The third-order valence-corrected chi connectivity index (χ3v) is 8.20. The standard InChI is InChI=1S/C29H29ClN4O6S/c1-18-10-19(2)12-22(11-18)34(41(36,37)24-8-9-26(39-4)27(15-24)40-5)17-28(35)33-31-16-21-13-20-6-7-23(38-3)14-25(20)32-29(21)30/h6-16H,17H2,1-5H3,(H,33,35)/b31-16-. The van der Waals surface area contributed by atoms with Gasteiger partial charge in [-0.3, -0.25) is 9.10 Å². The van der Waals surface area contributed by atoms with Crippen molar-refractivity contribution in [2.45, 2.75) is 18.7 Å². The molecular weight excluding hydrogens is 568 g/mol. The van der Waals surface area contributed by atoms with Crippen molar-refractivity contribution in [1.29, 1.82) is 0 Å². The first-order chi connectivity index (χ1) is 19.5. The Morgan fingerprint density at radius 1 is 0.951 bits per heavy atom. The van der Waals surface area contributed by atoms with Gasteiger partial charge in [-0.05, 0) is 67.4 Å². The van der Waals surface area contributed by atoms with Crippen LogP contribution in [-0.4, -0.2) is 53.4 Å². The molecule has 12 heteroatoms. The predicted octanol–water partition coefficient (Wildman–Crippen LogP) is 4.88. The van der Waals surface area contributed by atoms with Crippen LogP contribution >= 0.6 is 11.6 Å². The fraction of sp³-hybridized carbons (Fsp3) is 0.207. The van der Waals surface area contributed by atoms with Crippen LogP contribution in [0.15, 0.2) is 70.7 Å². The number of aromatic nitrogens is 1. The number of sulfonamides is 1. The number of hydrazone groups is 1. The maximum absolute atomic E-state index is 13.8. The number of benzene rings is 3. The highest BCUT2D eigenvalue weighted by molar-refractivity contribution is 7.92. The number of hydrogen-bond donors (Lipinski definition) is 1. The lowest BCUT2D eigenvalue weighted by atomic mass is 10.1. The summed E-state index contributed by atoms with van der Waals surface area (Å²) in [5.74, 6) is 0.588. The molecule has 41 heavy (non-hydrogen) atoms. The van der Waals surface area contributed by atoms with E-state index < -0.39 is 22.5 Å². The number of rotatable bonds is 10. The van der Waals surface area contributed by atoms with Gasteiger partial charge in [0.15, 0.2) is 11.5 Å². The number of amides is 1. The van der Waals surface area contributed by atoms with Crippen molar-refractivity contribution in [2.75, 3.05) is 32.2 Å². The fourth-order valence-corrected chi connectivity index (χ4v) is 5.83. The molecule has 4 rings (SSSR count). The van der Waals surface area contributed by atoms with E-state index in [1.807, 2.05) is 26.0 Å². The molecule has 0 aliphatic carbocycles. The fourth-order valence-electron chi connectivity index (χ4n) is 4.21. The first-order valence-corrected chi connectivity index (χ1v) is 14.2. The van der Waals surface area contributed by atoms with Gasteiger partial charge in [0.25, 0.3) is 15.9 Å². The Balaban J connectivity index is 1.62. The number of aryl methyl sites for hydroxylation is 2. The third-order valence-electron chi connectivity index (χ3n) is 6.12. The minimum Gasteiger partial charge on any atom is -0.497 e. The lowest BCUT2D eigenvalue weighted by molar-refractivity contribution is -0.119. The Labute approximate surface area is 243 Å². The highest BCUT2D eigenvalue weighted by atomic mass is 35.5. The van der Waals surface area contributed by atoms with Crippen LogP contribution in [-0.2, 0) is 14.8 Å². The topological polar surface area (TPSA) is 119 Å². The van der Waals surface area contributed by atoms with Crippen LogP contribution in [0.3, 0.4) is 0 Å². The molecule has 4 aromatic rings. The lowest BCUT2D eigenvalue weighted by Gasteiger charge is -2.25. The van der Waals surface area contributed by atoms with Gasteiger partial charge in [0.1, 0.15) is 17.4 Å². The molecule has 0 aliphatic heterocycles. The van der Waals surface area contributed by atoms with Crippen molar-refractivity contribution >= 4 is 50.3 Å². The van der Waals surface area contributed by atoms with Crippen molar-refractivity contribution in [3.05, 3.63) is 82.5 Å². The average Bonchev–Trinajstić information content (AvgIpc) is 2.94. The molecule has 0 spiro atoms. The number of hydrogen-bond acceptors (Lipinski definition) is 8. The number of fused-ring (bicyclic) bond motifs is 1. The van der Waals surface area contributed by atoms with Gasteiger partial charge in [0, 0.05) is 23.1 Å². The number of ether oxygens (including phenoxy) is 3. The maximum atomic E-state index is 13.8. The van der Waals surface area contributed by atoms with Crippen LogP contribution in [0, 0.1) is 13.8 Å². The molecule has 0 fully saturated rings. The Hall–Kier alpha value is -4.35. The summed E-state index contributed by atoms with van der Waals surface area (Å²) in [5, 5.41) is 4.97. The van der Waals surface area contributed by atoms with Gasteiger partial charge in [-0.2, -0.15) is 5.10 Å². The molecular formula is C29H29ClN4O6S. The molecule has 3 aromatic carbocycles. The van der Waals surface area contributed by atoms with Gasteiger partial charge in [-0.25, -0.2) is 18.8 Å². The molecule has 0 saturated heterocycles. The van der Waals surface area contributed by atoms with Crippen molar-refractivity contribution in [1.82, 2.24) is 10.4 Å². The summed E-state index contributed by atoms with van der Waals surface area (Å²) >= 11 is 6.32. The summed E-state index contributed by atoms with van der Waals surface area (Å²) < 4.78 is 44.5. The zero-order valence-corrected chi connectivity index (χ0v) is 24.7. The SMILES string of the molecule is COc1ccc2cc(/C=N\NC(=O)CN(c3cc(C)cc(C)c3)S(=O)(=O)c3ccc(OC)c(OC)c3)c(Cl)nc2c1. The largest absolute Gasteiger partial charge is 0.497 e. The molecule has 0 unspecified atom stereocenters. The van der Waals surface area contributed by atoms with Gasteiger partial charge in [-0.1, -0.05) is 17.7 Å². The van der Waals surface area contributed by atoms with Crippen LogP contribution in [0.5, 0.6) is 17.2 Å². The molecule has 0 radical (unpaired) electrons. The van der Waals surface area contributed by atoms with Crippen LogP contribution in [0.1, 0.15) is 16.7 Å². The van der Waals surface area contributed by atoms with Gasteiger partial charge >= 0.3 is 0 Å². The van der Waals surface area contributed by atoms with Gasteiger partial charge in [0.2, 0.25) is 0 Å². The van der Waals surface area contributed by atoms with E-state index in [0.717, 1.165) is 20.8 Å². The minimum atomic E-state index is -4.21. The summed E-state index contributed by atoms with van der Waals surface area (Å²) in [5.41, 5.74) is 5.49. The Bertz CT molecular complexity index is 1720. The molecule has 10 nitrogen and oxygen atoms in total. The van der Waals surface area contributed by atoms with Crippen LogP contribution in [0.4, 0.5) is 5.69 Å². The molecule has 214 valence electrons. The number of halogens is 1. The number of anilines is 1. The quantitative estimate of drug-likeness (QED) is 0.157. The average molecular weight is 597 g/mol. The summed E-state index contributed by atoms with van der Waals surface area (Å²) in [4.78, 5) is 17.3. The van der Waals surface area contributed by atoms with Crippen molar-refractivity contribution in [2.24, 2.45) is 5.10 Å². The number of carbonyl (C=O) groups is 1. The zero-order valence-electron chi connectivity index (χ0n) is 23.1. The van der Waals surface area contributed by atoms with Gasteiger partial charge < -0.3 is 14.2 Å². The predicted molar refractivity (Wildman–Crippen MR) is 159 cm³/mol. The van der Waals surface area contributed by atoms with Crippen LogP contribution in [0.25, 0.3) is 10.9 Å². The molecule has 1 N–H and O–H groups in total. The second-order valence-corrected chi connectivity index (χ2v) is 11.3. The van der Waals surface area contributed by atoms with E-state index in [4.69, 9.17) is 25.8 Å². The van der Waals surface area contributed by atoms with Crippen LogP contribution in [0.2, 0.25) is 5.15 Å². The molecule has 0 aliphatic rings. The number of pyridine rings is 1. The van der Waals surface area contributed by atoms with E-state index in [2.05, 4.69) is 15.5 Å². The molecule has 1 aromatic heterocycles. The normalized spacial score (nSPS) is 11.5. The number of methoxy groups -OCH3 is 3. The third kappa shape index (κ3) is 6.69. The second kappa shape index (κ2) is 12.4. The van der Waals surface area contributed by atoms with Crippen LogP contribution < -0.4 is 23.9 Å². The molecule has 0 bridgehead atoms. The first kappa shape index (κ1) is 29.6. The van der Waals surface area contributed by atoms with Crippen molar-refractivity contribution in [3.63, 3.8) is 0 Å². The van der Waals surface area contributed by atoms with E-state index in [-0.39, 0.29) is 15.8 Å². The summed E-state index contributed by atoms with van der Waals surface area (Å²) in [6.07, 6.45) is 1.35. The Morgan fingerprint density at radius 3 is 2.32 bits per heavy atom. The van der Waals surface area contributed by atoms with E-state index in [1.54, 1.807) is 37.4 Å². The maximum Gasteiger partial charge on any atom is 0.264 e. The summed E-state index contributed by atoms with van der Waals surface area (Å²) in [6, 6.07) is 16.7. The van der Waals surface area contributed by atoms with Crippen molar-refractivity contribution in [3.8, 4) is 17.2 Å². The van der Waals surface area contributed by atoms with Gasteiger partial charge in [-0.15, -0.1) is 0 Å². The van der Waals surface area contributed by atoms with E-state index in [0.29, 0.717) is 28.3 Å². The first-order valence-electron chi connectivity index (χ1n) is 12.3. The highest BCUT2D eigenvalue weighted by Gasteiger charge is 2.28. The lowest BCUT2D eigenvalue weighted by Crippen LogP contribution is -2.39. The van der Waals surface area contributed by atoms with Crippen molar-refractivity contribution < 1.29 is 27.4 Å². The Kier molecular flexibility index (Phi) is 8.99. The number of nitrogens with zero attached hydrogens (tertiary/aromatic N) is 3. The number of nitrogens with one attached hydrogen (secondary N) is 1. The van der Waals surface area contributed by atoms with Gasteiger partial charge in [0.05, 0.1) is 43.6 Å².